The van der Waals surface area contributed by atoms with Gasteiger partial charge in [0.25, 0.3) is 0 Å². The van der Waals surface area contributed by atoms with Gasteiger partial charge in [-0.05, 0) is 6.42 Å². The Hall–Kier alpha value is -1.14. The summed E-state index contributed by atoms with van der Waals surface area (Å²) in [7, 11) is 12.5. The Morgan fingerprint density at radius 3 is 1.68 bits per heavy atom. The highest BCUT2D eigenvalue weighted by molar-refractivity contribution is 5.67. The number of carbonyl (C=O) groups is 2. The molecule has 128 valence electrons. The molecular weight excluding hydrogens is 284 g/mol. The van der Waals surface area contributed by atoms with Crippen molar-refractivity contribution in [3.63, 3.8) is 0 Å². The van der Waals surface area contributed by atoms with Crippen LogP contribution in [0.1, 0.15) is 26.7 Å². The van der Waals surface area contributed by atoms with Crippen LogP contribution in [0.25, 0.3) is 0 Å². The zero-order chi connectivity index (χ0) is 17.3. The van der Waals surface area contributed by atoms with Crippen LogP contribution in [0.3, 0.4) is 0 Å². The number of hydrogen-bond acceptors (Lipinski definition) is 4. The molecule has 0 N–H and O–H groups in total. The van der Waals surface area contributed by atoms with E-state index >= 15 is 0 Å². The van der Waals surface area contributed by atoms with Crippen LogP contribution in [0.2, 0.25) is 0 Å². The Morgan fingerprint density at radius 1 is 0.818 bits per heavy atom. The van der Waals surface area contributed by atoms with Crippen LogP contribution in [0, 0.1) is 0 Å². The quantitative estimate of drug-likeness (QED) is 0.568. The maximum absolute atomic E-state index is 11.6. The zero-order valence-electron chi connectivity index (χ0n) is 15.3. The number of nitrogens with zero attached hydrogens (tertiary/aromatic N) is 2. The van der Waals surface area contributed by atoms with Gasteiger partial charge in [-0.3, -0.25) is 9.59 Å². The van der Waals surface area contributed by atoms with Gasteiger partial charge in [0.1, 0.15) is 6.04 Å². The van der Waals surface area contributed by atoms with E-state index in [2.05, 4.69) is 42.3 Å². The first-order chi connectivity index (χ1) is 9.84. The van der Waals surface area contributed by atoms with Crippen molar-refractivity contribution in [3.05, 3.63) is 0 Å². The molecule has 0 saturated heterocycles. The summed E-state index contributed by atoms with van der Waals surface area (Å²) in [6, 6.07) is 0.0990. The lowest BCUT2D eigenvalue weighted by Crippen LogP contribution is -2.69. The van der Waals surface area contributed by atoms with Crippen LogP contribution >= 0.6 is 0 Å². The lowest BCUT2D eigenvalue weighted by molar-refractivity contribution is -0.931. The molecule has 0 aromatic heterocycles. The van der Waals surface area contributed by atoms with E-state index in [4.69, 9.17) is 9.47 Å². The Labute approximate surface area is 134 Å². The fraction of sp³-hybridized carbons (Fsp3) is 0.875. The molecule has 0 spiro atoms. The van der Waals surface area contributed by atoms with Crippen LogP contribution in [0.5, 0.6) is 0 Å². The lowest BCUT2D eigenvalue weighted by Gasteiger charge is -2.50. The number of esters is 2. The molecule has 0 bridgehead atoms. The molecule has 0 unspecified atom stereocenters. The minimum atomic E-state index is -0.287. The number of carbonyl (C=O) groups excluding carboxylic acids is 2. The first-order valence-corrected chi connectivity index (χ1v) is 7.80. The smallest absolute Gasteiger partial charge is 0.303 e. The van der Waals surface area contributed by atoms with Crippen molar-refractivity contribution in [2.75, 3.05) is 42.3 Å². The van der Waals surface area contributed by atoms with Crippen molar-refractivity contribution in [1.29, 1.82) is 0 Å². The predicted molar refractivity (Wildman–Crippen MR) is 84.0 cm³/mol. The molecule has 6 nitrogen and oxygen atoms in total. The second-order valence-corrected chi connectivity index (χ2v) is 8.09. The maximum atomic E-state index is 11.6. The van der Waals surface area contributed by atoms with Crippen LogP contribution in [0.15, 0.2) is 0 Å². The van der Waals surface area contributed by atoms with E-state index in [1.807, 2.05) is 0 Å². The minimum Gasteiger partial charge on any atom is -0.456 e. The summed E-state index contributed by atoms with van der Waals surface area (Å²) in [5, 5.41) is 0. The monoisotopic (exact) mass is 316 g/mol. The number of hydrogen-bond donors (Lipinski definition) is 0. The summed E-state index contributed by atoms with van der Waals surface area (Å²) in [5.41, 5.74) is 0. The summed E-state index contributed by atoms with van der Waals surface area (Å²) >= 11 is 0. The van der Waals surface area contributed by atoms with E-state index in [1.54, 1.807) is 0 Å². The van der Waals surface area contributed by atoms with Crippen LogP contribution in [-0.2, 0) is 19.1 Å². The van der Waals surface area contributed by atoms with Gasteiger partial charge in [0, 0.05) is 20.3 Å². The maximum Gasteiger partial charge on any atom is 0.303 e. The number of quaternary nitrogens is 2. The van der Waals surface area contributed by atoms with Gasteiger partial charge >= 0.3 is 11.9 Å². The van der Waals surface area contributed by atoms with Gasteiger partial charge in [-0.2, -0.15) is 0 Å². The standard InChI is InChI=1S/C16H32N2O4/c1-11(19)21-14-10-9-13(17(3,4)5)16(22-12(2)20)15(14)18(6,7)8/h13-16H,9-10H2,1-8H3/q+2/t13-,14-,15+,16-/m0/s1. The molecule has 22 heavy (non-hydrogen) atoms. The Kier molecular flexibility index (Phi) is 5.62. The Morgan fingerprint density at radius 2 is 1.32 bits per heavy atom. The minimum absolute atomic E-state index is 0.0797. The molecule has 1 aliphatic rings. The predicted octanol–water partition coefficient (Wildman–Crippen LogP) is 0.793. The van der Waals surface area contributed by atoms with E-state index in [9.17, 15) is 9.59 Å². The summed E-state index contributed by atoms with van der Waals surface area (Å²) in [6.07, 6.45) is 1.13. The number of rotatable bonds is 4. The van der Waals surface area contributed by atoms with Gasteiger partial charge in [0.15, 0.2) is 12.1 Å². The Bertz CT molecular complexity index is 423. The summed E-state index contributed by atoms with van der Waals surface area (Å²) < 4.78 is 12.6. The highest BCUT2D eigenvalue weighted by Crippen LogP contribution is 2.34. The van der Waals surface area contributed by atoms with Gasteiger partial charge in [0.05, 0.1) is 42.3 Å². The van der Waals surface area contributed by atoms with Crippen LogP contribution in [-0.4, -0.2) is 87.5 Å². The molecule has 0 aromatic rings. The van der Waals surface area contributed by atoms with E-state index in [1.165, 1.54) is 13.8 Å². The molecule has 0 amide bonds. The summed E-state index contributed by atoms with van der Waals surface area (Å²) in [5.74, 6) is -0.570. The fourth-order valence-corrected chi connectivity index (χ4v) is 3.56. The first kappa shape index (κ1) is 18.9. The van der Waals surface area contributed by atoms with Crippen molar-refractivity contribution in [1.82, 2.24) is 0 Å². The third-order valence-electron chi connectivity index (χ3n) is 4.35. The molecule has 0 aromatic carbocycles. The van der Waals surface area contributed by atoms with Crippen molar-refractivity contribution < 1.29 is 28.0 Å². The molecule has 1 fully saturated rings. The number of ether oxygens (including phenoxy) is 2. The van der Waals surface area contributed by atoms with Gasteiger partial charge in [-0.15, -0.1) is 0 Å². The Balaban J connectivity index is 3.22. The summed E-state index contributed by atoms with van der Waals surface area (Å²) in [6.45, 7) is 2.87. The molecule has 0 heterocycles. The van der Waals surface area contributed by atoms with Crippen LogP contribution in [0.4, 0.5) is 0 Å². The van der Waals surface area contributed by atoms with Crippen molar-refractivity contribution in [3.8, 4) is 0 Å². The third-order valence-corrected chi connectivity index (χ3v) is 4.35. The average molecular weight is 316 g/mol. The second-order valence-electron chi connectivity index (χ2n) is 8.09. The number of likely N-dealkylation sites (N-methyl/N-ethyl adjacent to an activating group) is 2. The lowest BCUT2D eigenvalue weighted by atomic mass is 9.82. The molecule has 1 aliphatic carbocycles. The molecule has 1 rings (SSSR count). The van der Waals surface area contributed by atoms with E-state index < -0.39 is 0 Å². The van der Waals surface area contributed by atoms with Crippen LogP contribution < -0.4 is 0 Å². The highest BCUT2D eigenvalue weighted by Gasteiger charge is 2.54. The summed E-state index contributed by atoms with van der Waals surface area (Å²) in [4.78, 5) is 23.1. The molecule has 0 aliphatic heterocycles. The first-order valence-electron chi connectivity index (χ1n) is 7.80. The van der Waals surface area contributed by atoms with Gasteiger partial charge < -0.3 is 18.4 Å². The fourth-order valence-electron chi connectivity index (χ4n) is 3.56. The van der Waals surface area contributed by atoms with Gasteiger partial charge in [-0.1, -0.05) is 0 Å². The molecule has 0 radical (unpaired) electrons. The molecule has 4 atom stereocenters. The van der Waals surface area contributed by atoms with Crippen molar-refractivity contribution in [2.24, 2.45) is 0 Å². The molecule has 6 heteroatoms. The van der Waals surface area contributed by atoms with Crippen molar-refractivity contribution in [2.45, 2.75) is 51.0 Å². The molecule has 1 saturated carbocycles. The highest BCUT2D eigenvalue weighted by atomic mass is 16.6. The van der Waals surface area contributed by atoms with Crippen molar-refractivity contribution >= 4 is 11.9 Å². The van der Waals surface area contributed by atoms with Gasteiger partial charge in [-0.25, -0.2) is 0 Å². The topological polar surface area (TPSA) is 52.6 Å². The average Bonchev–Trinajstić information content (AvgIpc) is 2.23. The molecular formula is C16H32N2O4+2. The van der Waals surface area contributed by atoms with E-state index in [-0.39, 0.29) is 36.2 Å². The van der Waals surface area contributed by atoms with E-state index in [0.717, 1.165) is 12.8 Å². The normalized spacial score (nSPS) is 29.8. The third kappa shape index (κ3) is 4.68. The largest absolute Gasteiger partial charge is 0.456 e. The SMILES string of the molecule is CC(=O)O[C@@H]1[C@H]([N+](C)(C)C)[C@@H](OC(C)=O)CC[C@@H]1[N+](C)(C)C. The zero-order valence-corrected chi connectivity index (χ0v) is 15.3. The van der Waals surface area contributed by atoms with Gasteiger partial charge in [0.2, 0.25) is 6.10 Å². The van der Waals surface area contributed by atoms with E-state index in [0.29, 0.717) is 8.97 Å². The second kappa shape index (κ2) is 6.54.